The van der Waals surface area contributed by atoms with E-state index < -0.39 is 11.0 Å². The summed E-state index contributed by atoms with van der Waals surface area (Å²) >= 11 is 0. The molecule has 3 heterocycles. The molecule has 17 heteroatoms. The minimum absolute atomic E-state index is 0. The summed E-state index contributed by atoms with van der Waals surface area (Å²) in [6, 6.07) is 3.72. The van der Waals surface area contributed by atoms with Gasteiger partial charge in [0.05, 0.1) is 37.1 Å². The Morgan fingerprint density at radius 2 is 1.60 bits per heavy atom. The van der Waals surface area contributed by atoms with Crippen LogP contribution in [-0.2, 0) is 11.3 Å². The first-order chi connectivity index (χ1) is 22.3. The first-order valence-corrected chi connectivity index (χ1v) is 16.2. The van der Waals surface area contributed by atoms with E-state index in [9.17, 15) is 14.9 Å². The number of halogens is 2. The zero-order chi connectivity index (χ0) is 32.2. The van der Waals surface area contributed by atoms with Crippen LogP contribution in [0.1, 0.15) is 75.8 Å². The SMILES string of the molecule is COc1cc(COC(=O)N2CCC(Nc3nc(N[C@H]4CC[C@H](N)CC4)nc4c3ncn4C3CCCC3)CC2)c([N+](=O)[O-])cc1OC.Cl.Cl. The van der Waals surface area contributed by atoms with Crippen LogP contribution in [0.15, 0.2) is 18.5 Å². The highest BCUT2D eigenvalue weighted by Gasteiger charge is 2.28. The van der Waals surface area contributed by atoms with Crippen LogP contribution in [0.2, 0.25) is 0 Å². The highest BCUT2D eigenvalue weighted by atomic mass is 35.5. The number of nitrogens with two attached hydrogens (primary N) is 1. The third-order valence-corrected chi connectivity index (χ3v) is 9.47. The number of carbonyl (C=O) groups is 1. The molecule has 2 saturated carbocycles. The molecular weight excluding hydrogens is 665 g/mol. The predicted molar refractivity (Wildman–Crippen MR) is 186 cm³/mol. The van der Waals surface area contributed by atoms with Crippen molar-refractivity contribution in [1.82, 2.24) is 24.4 Å². The Bertz CT molecular complexity index is 1550. The van der Waals surface area contributed by atoms with Crippen molar-refractivity contribution in [2.24, 2.45) is 5.73 Å². The summed E-state index contributed by atoms with van der Waals surface area (Å²) in [6.45, 7) is 0.657. The number of fused-ring (bicyclic) bond motifs is 1. The van der Waals surface area contributed by atoms with Gasteiger partial charge in [0.1, 0.15) is 6.61 Å². The standard InChI is InChI=1S/C31H43N9O6.2ClH/c1-44-25-15-19(24(40(42)43)16-26(25)45-2)17-46-31(41)38-13-11-22(12-14-38)34-28-27-29(39(18-33-27)23-5-3-4-6-23)37-30(36-28)35-21-9-7-20(32)8-10-21;;/h15-16,18,20-23H,3-14,17,32H2,1-2H3,(H2,34,35,36,37);2*1H/t20-,21-;;. The summed E-state index contributed by atoms with van der Waals surface area (Å²) < 4.78 is 18.2. The molecule has 0 bridgehead atoms. The molecule has 4 N–H and O–H groups in total. The van der Waals surface area contributed by atoms with Gasteiger partial charge in [-0.25, -0.2) is 9.78 Å². The Kier molecular flexibility index (Phi) is 12.7. The normalized spacial score (nSPS) is 20.0. The van der Waals surface area contributed by atoms with E-state index in [2.05, 4.69) is 15.2 Å². The maximum absolute atomic E-state index is 13.0. The first kappa shape index (κ1) is 37.0. The number of anilines is 2. The average molecular weight is 711 g/mol. The molecule has 15 nitrogen and oxygen atoms in total. The number of ether oxygens (including phenoxy) is 3. The summed E-state index contributed by atoms with van der Waals surface area (Å²) in [4.78, 5) is 40.3. The number of amides is 1. The van der Waals surface area contributed by atoms with Crippen molar-refractivity contribution in [2.45, 2.75) is 95.0 Å². The molecule has 2 aliphatic carbocycles. The Hall–Kier alpha value is -3.82. The number of hydrogen-bond acceptors (Lipinski definition) is 12. The number of benzene rings is 1. The van der Waals surface area contributed by atoms with E-state index in [0.29, 0.717) is 49.5 Å². The number of aromatic nitrogens is 4. The minimum Gasteiger partial charge on any atom is -0.493 e. The lowest BCUT2D eigenvalue weighted by atomic mass is 9.92. The van der Waals surface area contributed by atoms with Gasteiger partial charge < -0.3 is 40.0 Å². The van der Waals surface area contributed by atoms with Gasteiger partial charge in [0, 0.05) is 37.3 Å². The molecule has 3 fully saturated rings. The smallest absolute Gasteiger partial charge is 0.410 e. The average Bonchev–Trinajstić information content (AvgIpc) is 3.75. The van der Waals surface area contributed by atoms with E-state index in [4.69, 9.17) is 34.9 Å². The van der Waals surface area contributed by atoms with Gasteiger partial charge in [-0.2, -0.15) is 9.97 Å². The Labute approximate surface area is 291 Å². The van der Waals surface area contributed by atoms with Crippen LogP contribution in [0.25, 0.3) is 11.2 Å². The molecule has 1 saturated heterocycles. The second kappa shape index (κ2) is 16.5. The predicted octanol–water partition coefficient (Wildman–Crippen LogP) is 5.61. The Balaban J connectivity index is 0.00000260. The number of nitrogens with one attached hydrogen (secondary N) is 2. The van der Waals surface area contributed by atoms with Crippen LogP contribution in [0.5, 0.6) is 11.5 Å². The highest BCUT2D eigenvalue weighted by Crippen LogP contribution is 2.36. The van der Waals surface area contributed by atoms with Crippen molar-refractivity contribution in [2.75, 3.05) is 37.9 Å². The van der Waals surface area contributed by atoms with E-state index in [1.807, 2.05) is 6.33 Å². The van der Waals surface area contributed by atoms with Gasteiger partial charge in [0.15, 0.2) is 28.5 Å². The number of methoxy groups -OCH3 is 2. The summed E-state index contributed by atoms with van der Waals surface area (Å²) in [7, 11) is 2.84. The van der Waals surface area contributed by atoms with Gasteiger partial charge in [0.25, 0.3) is 5.69 Å². The van der Waals surface area contributed by atoms with E-state index in [0.717, 1.165) is 49.7 Å². The molecule has 3 aromatic rings. The number of nitrogens with zero attached hydrogens (tertiary/aromatic N) is 6. The van der Waals surface area contributed by atoms with Crippen LogP contribution in [0.4, 0.5) is 22.2 Å². The minimum atomic E-state index is -0.533. The number of likely N-dealkylation sites (tertiary alicyclic amines) is 1. The van der Waals surface area contributed by atoms with Gasteiger partial charge in [-0.05, 0) is 57.4 Å². The molecule has 2 aromatic heterocycles. The van der Waals surface area contributed by atoms with Crippen molar-refractivity contribution in [1.29, 1.82) is 0 Å². The second-order valence-electron chi connectivity index (χ2n) is 12.5. The van der Waals surface area contributed by atoms with Crippen molar-refractivity contribution < 1.29 is 23.9 Å². The van der Waals surface area contributed by atoms with Crippen molar-refractivity contribution in [3.8, 4) is 11.5 Å². The first-order valence-electron chi connectivity index (χ1n) is 16.2. The van der Waals surface area contributed by atoms with Crippen LogP contribution in [0.3, 0.4) is 0 Å². The van der Waals surface area contributed by atoms with E-state index in [1.54, 1.807) is 4.90 Å². The molecular formula is C31H45Cl2N9O6. The number of nitro groups is 1. The van der Waals surface area contributed by atoms with Crippen LogP contribution in [0, 0.1) is 10.1 Å². The fraction of sp³-hybridized carbons (Fsp3) is 0.613. The molecule has 6 rings (SSSR count). The van der Waals surface area contributed by atoms with E-state index in [-0.39, 0.29) is 66.5 Å². The number of hydrogen-bond donors (Lipinski definition) is 3. The lowest BCUT2D eigenvalue weighted by molar-refractivity contribution is -0.385. The summed E-state index contributed by atoms with van der Waals surface area (Å²) in [6.07, 6.45) is 11.3. The molecule has 1 amide bonds. The number of carbonyl (C=O) groups excluding carboxylic acids is 1. The Morgan fingerprint density at radius 1 is 0.958 bits per heavy atom. The number of nitro benzene ring substituents is 1. The highest BCUT2D eigenvalue weighted by molar-refractivity contribution is 5.86. The Morgan fingerprint density at radius 3 is 2.25 bits per heavy atom. The molecule has 1 aromatic carbocycles. The molecule has 0 radical (unpaired) electrons. The van der Waals surface area contributed by atoms with Crippen molar-refractivity contribution in [3.05, 3.63) is 34.1 Å². The number of imidazole rings is 1. The topological polar surface area (TPSA) is 185 Å². The fourth-order valence-electron chi connectivity index (χ4n) is 6.80. The number of piperidine rings is 1. The zero-order valence-electron chi connectivity index (χ0n) is 27.3. The van der Waals surface area contributed by atoms with Gasteiger partial charge >= 0.3 is 6.09 Å². The van der Waals surface area contributed by atoms with Crippen LogP contribution >= 0.6 is 24.8 Å². The molecule has 0 spiro atoms. The van der Waals surface area contributed by atoms with Crippen LogP contribution < -0.4 is 25.8 Å². The lowest BCUT2D eigenvalue weighted by Crippen LogP contribution is -2.42. The quantitative estimate of drug-likeness (QED) is 0.175. The largest absolute Gasteiger partial charge is 0.493 e. The third-order valence-electron chi connectivity index (χ3n) is 9.47. The molecule has 3 aliphatic rings. The van der Waals surface area contributed by atoms with Crippen LogP contribution in [-0.4, -0.2) is 80.9 Å². The maximum atomic E-state index is 13.0. The summed E-state index contributed by atoms with van der Waals surface area (Å²) in [5, 5.41) is 18.8. The van der Waals surface area contributed by atoms with Gasteiger partial charge in [0.2, 0.25) is 5.95 Å². The fourth-order valence-corrected chi connectivity index (χ4v) is 6.80. The molecule has 0 atom stereocenters. The molecule has 264 valence electrons. The molecule has 48 heavy (non-hydrogen) atoms. The lowest BCUT2D eigenvalue weighted by Gasteiger charge is -2.32. The second-order valence-corrected chi connectivity index (χ2v) is 12.5. The van der Waals surface area contributed by atoms with Gasteiger partial charge in [-0.1, -0.05) is 12.8 Å². The number of rotatable bonds is 10. The monoisotopic (exact) mass is 709 g/mol. The summed E-state index contributed by atoms with van der Waals surface area (Å²) in [5.74, 6) is 1.84. The molecule has 0 unspecified atom stereocenters. The van der Waals surface area contributed by atoms with Gasteiger partial charge in [-0.15, -0.1) is 24.8 Å². The van der Waals surface area contributed by atoms with Crippen molar-refractivity contribution >= 4 is 59.5 Å². The van der Waals surface area contributed by atoms with E-state index in [1.165, 1.54) is 39.2 Å². The van der Waals surface area contributed by atoms with Crippen molar-refractivity contribution in [3.63, 3.8) is 0 Å². The zero-order valence-corrected chi connectivity index (χ0v) is 28.9. The molecule has 1 aliphatic heterocycles. The maximum Gasteiger partial charge on any atom is 0.410 e. The third kappa shape index (κ3) is 8.24. The summed E-state index contributed by atoms with van der Waals surface area (Å²) in [5.41, 5.74) is 7.73. The van der Waals surface area contributed by atoms with Gasteiger partial charge in [-0.3, -0.25) is 10.1 Å². The van der Waals surface area contributed by atoms with E-state index >= 15 is 0 Å².